The quantitative estimate of drug-likeness (QED) is 0.478. The Morgan fingerprint density at radius 2 is 0.750 bits per heavy atom. The van der Waals surface area contributed by atoms with Crippen LogP contribution in [0.1, 0.15) is 103 Å². The minimum absolute atomic E-state index is 1.33. The Labute approximate surface area is 126 Å². The van der Waals surface area contributed by atoms with Crippen molar-refractivity contribution < 1.29 is 0 Å². The molecule has 0 aromatic rings. The fourth-order valence-electron chi connectivity index (χ4n) is 3.67. The number of rotatable bonds is 1. The second-order valence-electron chi connectivity index (χ2n) is 6.78. The van der Waals surface area contributed by atoms with Crippen LogP contribution in [0.25, 0.3) is 0 Å². The highest BCUT2D eigenvalue weighted by atomic mass is 14.1. The predicted molar refractivity (Wildman–Crippen MR) is 90.0 cm³/mol. The SMILES string of the molecule is C1=C(\C2=C\CCCCCCCC2)CCCCCCCC/1. The molecule has 20 heavy (non-hydrogen) atoms. The summed E-state index contributed by atoms with van der Waals surface area (Å²) < 4.78 is 0. The number of hydrogen-bond donors (Lipinski definition) is 0. The van der Waals surface area contributed by atoms with Crippen LogP contribution in [0.2, 0.25) is 0 Å². The van der Waals surface area contributed by atoms with E-state index in [4.69, 9.17) is 0 Å². The summed E-state index contributed by atoms with van der Waals surface area (Å²) in [5.74, 6) is 0. The summed E-state index contributed by atoms with van der Waals surface area (Å²) in [6, 6.07) is 0. The molecule has 0 heteroatoms. The van der Waals surface area contributed by atoms with Gasteiger partial charge in [-0.3, -0.25) is 0 Å². The normalized spacial score (nSPS) is 29.6. The van der Waals surface area contributed by atoms with E-state index in [2.05, 4.69) is 12.2 Å². The Balaban J connectivity index is 1.98. The van der Waals surface area contributed by atoms with Crippen molar-refractivity contribution in [2.75, 3.05) is 0 Å². The Bertz CT molecular complexity index is 276. The van der Waals surface area contributed by atoms with Crippen molar-refractivity contribution in [1.29, 1.82) is 0 Å². The molecule has 0 spiro atoms. The molecule has 2 aliphatic rings. The fraction of sp³-hybridized carbons (Fsp3) is 0.800. The van der Waals surface area contributed by atoms with E-state index in [1.165, 1.54) is 103 Å². The summed E-state index contributed by atoms with van der Waals surface area (Å²) in [5, 5.41) is 0. The van der Waals surface area contributed by atoms with Crippen LogP contribution in [-0.2, 0) is 0 Å². The molecule has 0 saturated heterocycles. The van der Waals surface area contributed by atoms with Gasteiger partial charge < -0.3 is 0 Å². The molecule has 114 valence electrons. The summed E-state index contributed by atoms with van der Waals surface area (Å²) in [6.07, 6.45) is 27.9. The molecular weight excluding hydrogens is 240 g/mol. The van der Waals surface area contributed by atoms with Gasteiger partial charge in [-0.15, -0.1) is 0 Å². The fourth-order valence-corrected chi connectivity index (χ4v) is 3.67. The summed E-state index contributed by atoms with van der Waals surface area (Å²) in [6.45, 7) is 0. The third-order valence-electron chi connectivity index (χ3n) is 4.99. The van der Waals surface area contributed by atoms with E-state index in [0.717, 1.165) is 0 Å². The predicted octanol–water partition coefficient (Wildman–Crippen LogP) is 7.11. The minimum atomic E-state index is 1.33. The van der Waals surface area contributed by atoms with Crippen LogP contribution in [0.15, 0.2) is 23.3 Å². The van der Waals surface area contributed by atoms with Crippen molar-refractivity contribution in [2.45, 2.75) is 103 Å². The molecule has 0 unspecified atom stereocenters. The molecule has 0 fully saturated rings. The minimum Gasteiger partial charge on any atom is -0.0811 e. The molecule has 0 amide bonds. The van der Waals surface area contributed by atoms with Gasteiger partial charge in [0.15, 0.2) is 0 Å². The maximum absolute atomic E-state index is 2.60. The van der Waals surface area contributed by atoms with Gasteiger partial charge in [-0.1, -0.05) is 63.5 Å². The van der Waals surface area contributed by atoms with Crippen molar-refractivity contribution in [1.82, 2.24) is 0 Å². The van der Waals surface area contributed by atoms with Gasteiger partial charge in [0.05, 0.1) is 0 Å². The molecule has 2 rings (SSSR count). The number of hydrogen-bond acceptors (Lipinski definition) is 0. The molecule has 0 nitrogen and oxygen atoms in total. The Morgan fingerprint density at radius 1 is 0.400 bits per heavy atom. The van der Waals surface area contributed by atoms with Gasteiger partial charge in [-0.05, 0) is 62.5 Å². The molecule has 2 aliphatic carbocycles. The van der Waals surface area contributed by atoms with Crippen LogP contribution in [0.3, 0.4) is 0 Å². The maximum Gasteiger partial charge on any atom is -0.0279 e. The highest BCUT2D eigenvalue weighted by molar-refractivity contribution is 5.31. The zero-order chi connectivity index (χ0) is 13.9. The van der Waals surface area contributed by atoms with Crippen LogP contribution in [0.5, 0.6) is 0 Å². The molecule has 0 N–H and O–H groups in total. The van der Waals surface area contributed by atoms with Gasteiger partial charge in [0.25, 0.3) is 0 Å². The molecule has 0 saturated carbocycles. The average molecular weight is 274 g/mol. The van der Waals surface area contributed by atoms with Gasteiger partial charge in [0.1, 0.15) is 0 Å². The van der Waals surface area contributed by atoms with Crippen molar-refractivity contribution in [2.24, 2.45) is 0 Å². The summed E-state index contributed by atoms with van der Waals surface area (Å²) in [4.78, 5) is 0. The van der Waals surface area contributed by atoms with Crippen LogP contribution in [0.4, 0.5) is 0 Å². The third-order valence-corrected chi connectivity index (χ3v) is 4.99. The molecule has 0 aliphatic heterocycles. The van der Waals surface area contributed by atoms with E-state index in [1.54, 1.807) is 11.1 Å². The molecular formula is C20H34. The summed E-state index contributed by atoms with van der Waals surface area (Å²) in [7, 11) is 0. The van der Waals surface area contributed by atoms with E-state index < -0.39 is 0 Å². The van der Waals surface area contributed by atoms with Crippen LogP contribution in [-0.4, -0.2) is 0 Å². The lowest BCUT2D eigenvalue weighted by Crippen LogP contribution is -1.96. The van der Waals surface area contributed by atoms with Gasteiger partial charge in [0, 0.05) is 0 Å². The van der Waals surface area contributed by atoms with Crippen molar-refractivity contribution in [3.63, 3.8) is 0 Å². The lowest BCUT2D eigenvalue weighted by atomic mass is 9.90. The van der Waals surface area contributed by atoms with Gasteiger partial charge in [0.2, 0.25) is 0 Å². The topological polar surface area (TPSA) is 0 Å². The Morgan fingerprint density at radius 3 is 1.20 bits per heavy atom. The van der Waals surface area contributed by atoms with Crippen LogP contribution < -0.4 is 0 Å². The van der Waals surface area contributed by atoms with E-state index in [1.807, 2.05) is 0 Å². The molecule has 0 atom stereocenters. The lowest BCUT2D eigenvalue weighted by Gasteiger charge is -2.16. The standard InChI is InChI=1S/C20H34/c1-3-7-11-15-19(16-12-8-4-1)20-17-13-9-5-2-6-10-14-18-20/h15,17H,1-14,16,18H2/b19-15-,20-17+. The highest BCUT2D eigenvalue weighted by Gasteiger charge is 2.08. The van der Waals surface area contributed by atoms with Gasteiger partial charge in [-0.25, -0.2) is 0 Å². The first-order valence-corrected chi connectivity index (χ1v) is 9.35. The Hall–Kier alpha value is -0.520. The van der Waals surface area contributed by atoms with E-state index in [9.17, 15) is 0 Å². The monoisotopic (exact) mass is 274 g/mol. The molecule has 0 heterocycles. The van der Waals surface area contributed by atoms with E-state index in [-0.39, 0.29) is 0 Å². The van der Waals surface area contributed by atoms with E-state index >= 15 is 0 Å². The number of allylic oxidation sites excluding steroid dienone is 4. The van der Waals surface area contributed by atoms with Crippen LogP contribution in [0, 0.1) is 0 Å². The van der Waals surface area contributed by atoms with Crippen molar-refractivity contribution in [3.05, 3.63) is 23.3 Å². The second kappa shape index (κ2) is 10.2. The summed E-state index contributed by atoms with van der Waals surface area (Å²) >= 11 is 0. The molecule has 0 aromatic heterocycles. The molecule has 0 radical (unpaired) electrons. The largest absolute Gasteiger partial charge is 0.0811 e. The van der Waals surface area contributed by atoms with E-state index in [0.29, 0.717) is 0 Å². The first-order chi connectivity index (χ1) is 9.97. The highest BCUT2D eigenvalue weighted by Crippen LogP contribution is 2.27. The average Bonchev–Trinajstić information content (AvgIpc) is 2.50. The lowest BCUT2D eigenvalue weighted by molar-refractivity contribution is 0.574. The zero-order valence-corrected chi connectivity index (χ0v) is 13.5. The smallest absolute Gasteiger partial charge is 0.0279 e. The Kier molecular flexibility index (Phi) is 8.12. The van der Waals surface area contributed by atoms with Crippen LogP contribution >= 0.6 is 0 Å². The zero-order valence-electron chi connectivity index (χ0n) is 13.5. The van der Waals surface area contributed by atoms with Crippen molar-refractivity contribution >= 4 is 0 Å². The molecule has 0 bridgehead atoms. The van der Waals surface area contributed by atoms with Gasteiger partial charge in [-0.2, -0.15) is 0 Å². The summed E-state index contributed by atoms with van der Waals surface area (Å²) in [5.41, 5.74) is 3.46. The second-order valence-corrected chi connectivity index (χ2v) is 6.78. The first-order valence-electron chi connectivity index (χ1n) is 9.35. The molecule has 0 aromatic carbocycles. The first kappa shape index (κ1) is 15.9. The van der Waals surface area contributed by atoms with Gasteiger partial charge >= 0.3 is 0 Å². The maximum atomic E-state index is 2.60. The van der Waals surface area contributed by atoms with Crippen molar-refractivity contribution in [3.8, 4) is 0 Å². The third kappa shape index (κ3) is 6.29.